The fourth-order valence-electron chi connectivity index (χ4n) is 2.05. The van der Waals surface area contributed by atoms with Crippen LogP contribution in [-0.2, 0) is 0 Å². The number of hydrogen-bond donors (Lipinski definition) is 1. The van der Waals surface area contributed by atoms with Crippen LogP contribution in [-0.4, -0.2) is 47.3 Å². The van der Waals surface area contributed by atoms with E-state index < -0.39 is 4.92 Å². The first-order chi connectivity index (χ1) is 9.22. The minimum atomic E-state index is -0.443. The maximum Gasteiger partial charge on any atom is 0.310 e. The van der Waals surface area contributed by atoms with Crippen LogP contribution in [0.1, 0.15) is 12.8 Å². The van der Waals surface area contributed by atoms with E-state index in [9.17, 15) is 10.1 Å². The van der Waals surface area contributed by atoms with Crippen LogP contribution in [0.15, 0.2) is 24.3 Å². The first-order valence-electron chi connectivity index (χ1n) is 6.43. The van der Waals surface area contributed by atoms with E-state index in [2.05, 4.69) is 4.90 Å². The summed E-state index contributed by atoms with van der Waals surface area (Å²) in [7, 11) is 0. The van der Waals surface area contributed by atoms with E-state index in [0.29, 0.717) is 31.5 Å². The molecule has 0 unspecified atom stereocenters. The Morgan fingerprint density at radius 2 is 2.11 bits per heavy atom. The lowest BCUT2D eigenvalue weighted by atomic mass is 10.3. The van der Waals surface area contributed by atoms with E-state index in [4.69, 9.17) is 9.84 Å². The summed E-state index contributed by atoms with van der Waals surface area (Å²) >= 11 is 0. The molecule has 0 bridgehead atoms. The molecule has 0 aromatic heterocycles. The molecule has 19 heavy (non-hydrogen) atoms. The van der Waals surface area contributed by atoms with Crippen molar-refractivity contribution in [2.45, 2.75) is 18.9 Å². The van der Waals surface area contributed by atoms with Crippen LogP contribution in [0.5, 0.6) is 5.75 Å². The van der Waals surface area contributed by atoms with Gasteiger partial charge in [0.1, 0.15) is 6.61 Å². The monoisotopic (exact) mass is 266 g/mol. The highest BCUT2D eigenvalue weighted by Crippen LogP contribution is 2.27. The predicted molar refractivity (Wildman–Crippen MR) is 70.3 cm³/mol. The summed E-state index contributed by atoms with van der Waals surface area (Å²) in [5, 5.41) is 19.8. The molecule has 0 radical (unpaired) electrons. The quantitative estimate of drug-likeness (QED) is 0.569. The fourth-order valence-corrected chi connectivity index (χ4v) is 2.05. The smallest absolute Gasteiger partial charge is 0.310 e. The maximum atomic E-state index is 10.8. The number of aliphatic hydroxyl groups is 1. The highest BCUT2D eigenvalue weighted by molar-refractivity contribution is 5.45. The van der Waals surface area contributed by atoms with E-state index in [1.165, 1.54) is 6.07 Å². The maximum absolute atomic E-state index is 10.8. The molecular formula is C13H18N2O4. The first-order valence-corrected chi connectivity index (χ1v) is 6.43. The number of hydrogen-bond acceptors (Lipinski definition) is 5. The fraction of sp³-hybridized carbons (Fsp3) is 0.538. The molecule has 1 saturated carbocycles. The topological polar surface area (TPSA) is 75.8 Å². The number of aliphatic hydroxyl groups excluding tert-OH is 1. The first kappa shape index (κ1) is 13.8. The summed E-state index contributed by atoms with van der Waals surface area (Å²) in [5.41, 5.74) is -0.0115. The van der Waals surface area contributed by atoms with Crippen LogP contribution in [0.3, 0.4) is 0 Å². The summed E-state index contributed by atoms with van der Waals surface area (Å²) in [4.78, 5) is 12.5. The van der Waals surface area contributed by atoms with E-state index in [-0.39, 0.29) is 12.3 Å². The third-order valence-corrected chi connectivity index (χ3v) is 3.15. The molecule has 1 aromatic rings. The van der Waals surface area contributed by atoms with Crippen molar-refractivity contribution in [2.24, 2.45) is 0 Å². The Morgan fingerprint density at radius 3 is 2.74 bits per heavy atom. The summed E-state index contributed by atoms with van der Waals surface area (Å²) in [6.07, 6.45) is 2.32. The molecule has 1 N–H and O–H groups in total. The van der Waals surface area contributed by atoms with E-state index in [1.54, 1.807) is 18.2 Å². The lowest BCUT2D eigenvalue weighted by Gasteiger charge is -2.20. The Kier molecular flexibility index (Phi) is 4.70. The van der Waals surface area contributed by atoms with Gasteiger partial charge in [-0.1, -0.05) is 12.1 Å². The molecule has 0 aliphatic heterocycles. The van der Waals surface area contributed by atoms with Gasteiger partial charge in [-0.2, -0.15) is 0 Å². The van der Waals surface area contributed by atoms with Gasteiger partial charge in [-0.05, 0) is 18.9 Å². The van der Waals surface area contributed by atoms with Crippen LogP contribution in [0.25, 0.3) is 0 Å². The van der Waals surface area contributed by atoms with Crippen LogP contribution < -0.4 is 4.74 Å². The van der Waals surface area contributed by atoms with Crippen molar-refractivity contribution in [3.8, 4) is 5.75 Å². The Labute approximate surface area is 111 Å². The molecular weight excluding hydrogens is 248 g/mol. The average Bonchev–Trinajstić information content (AvgIpc) is 3.22. The van der Waals surface area contributed by atoms with E-state index >= 15 is 0 Å². The zero-order chi connectivity index (χ0) is 13.7. The summed E-state index contributed by atoms with van der Waals surface area (Å²) < 4.78 is 5.49. The Bertz CT molecular complexity index is 434. The summed E-state index contributed by atoms with van der Waals surface area (Å²) in [5.74, 6) is 0.298. The molecule has 0 spiro atoms. The van der Waals surface area contributed by atoms with Gasteiger partial charge in [0.05, 0.1) is 11.5 Å². The van der Waals surface area contributed by atoms with Gasteiger partial charge < -0.3 is 9.84 Å². The number of nitro groups is 1. The van der Waals surface area contributed by atoms with Crippen molar-refractivity contribution in [2.75, 3.05) is 26.3 Å². The van der Waals surface area contributed by atoms with Crippen LogP contribution in [0, 0.1) is 10.1 Å². The van der Waals surface area contributed by atoms with Crippen molar-refractivity contribution in [3.63, 3.8) is 0 Å². The molecule has 6 heteroatoms. The molecule has 1 aliphatic carbocycles. The molecule has 1 fully saturated rings. The SMILES string of the molecule is O=[N+]([O-])c1ccccc1OCCN(CCO)C1CC1. The van der Waals surface area contributed by atoms with Gasteiger partial charge in [-0.25, -0.2) is 0 Å². The zero-order valence-electron chi connectivity index (χ0n) is 10.7. The van der Waals surface area contributed by atoms with Gasteiger partial charge >= 0.3 is 5.69 Å². The predicted octanol–water partition coefficient (Wildman–Crippen LogP) is 1.43. The van der Waals surface area contributed by atoms with Crippen molar-refractivity contribution in [1.82, 2.24) is 4.90 Å². The normalized spacial score (nSPS) is 14.6. The second-order valence-electron chi connectivity index (χ2n) is 4.56. The molecule has 6 nitrogen and oxygen atoms in total. The van der Waals surface area contributed by atoms with Crippen LogP contribution >= 0.6 is 0 Å². The van der Waals surface area contributed by atoms with Gasteiger partial charge in [-0.3, -0.25) is 15.0 Å². The van der Waals surface area contributed by atoms with Gasteiger partial charge in [-0.15, -0.1) is 0 Å². The molecule has 0 atom stereocenters. The lowest BCUT2D eigenvalue weighted by Crippen LogP contribution is -2.33. The average molecular weight is 266 g/mol. The Morgan fingerprint density at radius 1 is 1.37 bits per heavy atom. The highest BCUT2D eigenvalue weighted by atomic mass is 16.6. The second kappa shape index (κ2) is 6.49. The standard InChI is InChI=1S/C13H18N2O4/c16-9-7-14(11-5-6-11)8-10-19-13-4-2-1-3-12(13)15(17)18/h1-4,11,16H,5-10H2. The number of ether oxygens (including phenoxy) is 1. The van der Waals surface area contributed by atoms with Crippen molar-refractivity contribution < 1.29 is 14.8 Å². The van der Waals surface area contributed by atoms with Crippen molar-refractivity contribution in [3.05, 3.63) is 34.4 Å². The number of nitrogens with zero attached hydrogens (tertiary/aromatic N) is 2. The molecule has 104 valence electrons. The van der Waals surface area contributed by atoms with Gasteiger partial charge in [0.25, 0.3) is 0 Å². The molecule has 0 amide bonds. The molecule has 0 saturated heterocycles. The highest BCUT2D eigenvalue weighted by Gasteiger charge is 2.28. The third kappa shape index (κ3) is 3.90. The number of nitro benzene ring substituents is 1. The molecule has 2 rings (SSSR count). The third-order valence-electron chi connectivity index (χ3n) is 3.15. The van der Waals surface area contributed by atoms with Crippen molar-refractivity contribution >= 4 is 5.69 Å². The lowest BCUT2D eigenvalue weighted by molar-refractivity contribution is -0.385. The summed E-state index contributed by atoms with van der Waals surface area (Å²) in [6, 6.07) is 6.91. The van der Waals surface area contributed by atoms with Gasteiger partial charge in [0.2, 0.25) is 0 Å². The number of benzene rings is 1. The van der Waals surface area contributed by atoms with Gasteiger partial charge in [0.15, 0.2) is 5.75 Å². The number of rotatable bonds is 8. The summed E-state index contributed by atoms with van der Waals surface area (Å²) in [6.45, 7) is 1.82. The Balaban J connectivity index is 1.86. The minimum absolute atomic E-state index is 0.0115. The number of para-hydroxylation sites is 2. The molecule has 0 heterocycles. The van der Waals surface area contributed by atoms with E-state index in [1.807, 2.05) is 0 Å². The Hall–Kier alpha value is -1.66. The van der Waals surface area contributed by atoms with Crippen LogP contribution in [0.4, 0.5) is 5.69 Å². The van der Waals surface area contributed by atoms with Gasteiger partial charge in [0, 0.05) is 25.2 Å². The minimum Gasteiger partial charge on any atom is -0.485 e. The molecule has 1 aromatic carbocycles. The molecule has 1 aliphatic rings. The second-order valence-corrected chi connectivity index (χ2v) is 4.56. The van der Waals surface area contributed by atoms with Crippen LogP contribution in [0.2, 0.25) is 0 Å². The van der Waals surface area contributed by atoms with Crippen molar-refractivity contribution in [1.29, 1.82) is 0 Å². The zero-order valence-corrected chi connectivity index (χ0v) is 10.7. The largest absolute Gasteiger partial charge is 0.485 e. The van der Waals surface area contributed by atoms with E-state index in [0.717, 1.165) is 12.8 Å².